The number of thiazole rings is 1. The first-order valence-electron chi connectivity index (χ1n) is 11.9. The molecular formula is C25H33N3OS2. The lowest BCUT2D eigenvalue weighted by Crippen LogP contribution is -2.57. The van der Waals surface area contributed by atoms with Gasteiger partial charge in [-0.3, -0.25) is 4.79 Å². The Morgan fingerprint density at radius 3 is 2.10 bits per heavy atom. The van der Waals surface area contributed by atoms with Crippen molar-refractivity contribution in [2.24, 2.45) is 17.8 Å². The molecule has 1 atom stereocenters. The number of aromatic nitrogens is 1. The minimum atomic E-state index is 0.0505. The van der Waals surface area contributed by atoms with E-state index in [9.17, 15) is 4.79 Å². The largest absolute Gasteiger partial charge is 0.348 e. The van der Waals surface area contributed by atoms with Crippen LogP contribution in [0.25, 0.3) is 0 Å². The Bertz CT molecular complexity index is 815. The van der Waals surface area contributed by atoms with Gasteiger partial charge in [-0.15, -0.1) is 11.3 Å². The summed E-state index contributed by atoms with van der Waals surface area (Å²) in [5.41, 5.74) is 0.741. The summed E-state index contributed by atoms with van der Waals surface area (Å²) in [7, 11) is 0. The number of hydrogen-bond donors (Lipinski definition) is 1. The van der Waals surface area contributed by atoms with E-state index >= 15 is 0 Å². The van der Waals surface area contributed by atoms with Gasteiger partial charge in [-0.05, 0) is 68.0 Å². The van der Waals surface area contributed by atoms with E-state index in [0.717, 1.165) is 33.2 Å². The fourth-order valence-corrected chi connectivity index (χ4v) is 7.29. The van der Waals surface area contributed by atoms with Gasteiger partial charge in [0.2, 0.25) is 0 Å². The maximum absolute atomic E-state index is 12.5. The SMILES string of the molecule is C1CC2CCC1CC2.O=C(N[C@H]1CN2CCC1CC2)c1ccc(Sc2nccs2)cc1. The van der Waals surface area contributed by atoms with Gasteiger partial charge in [-0.25, -0.2) is 4.98 Å². The standard InChI is InChI=1S/C17H19N3OS2.C8H14/c21-16(19-15-11-20-8-5-12(15)6-9-20)13-1-3-14(4-2-13)23-17-18-7-10-22-17;1-2-8-5-3-7(1)4-6-8/h1-4,7,10,12,15H,5-6,8-9,11H2,(H,19,21);7-8H,1-6H2/t15-;/m0./s1. The molecule has 2 aromatic rings. The zero-order valence-corrected chi connectivity index (χ0v) is 19.8. The van der Waals surface area contributed by atoms with Crippen molar-refractivity contribution in [2.75, 3.05) is 19.6 Å². The summed E-state index contributed by atoms with van der Waals surface area (Å²) < 4.78 is 1.02. The molecule has 3 aliphatic carbocycles. The summed E-state index contributed by atoms with van der Waals surface area (Å²) >= 11 is 3.26. The predicted molar refractivity (Wildman–Crippen MR) is 128 cm³/mol. The van der Waals surface area contributed by atoms with E-state index in [0.29, 0.717) is 12.0 Å². The Morgan fingerprint density at radius 2 is 1.61 bits per heavy atom. The first kappa shape index (κ1) is 21.5. The van der Waals surface area contributed by atoms with Crippen LogP contribution in [0, 0.1) is 17.8 Å². The Labute approximate surface area is 194 Å². The van der Waals surface area contributed by atoms with Crippen LogP contribution in [0.2, 0.25) is 0 Å². The summed E-state index contributed by atoms with van der Waals surface area (Å²) in [6.07, 6.45) is 13.6. The van der Waals surface area contributed by atoms with E-state index in [-0.39, 0.29) is 5.91 Å². The minimum Gasteiger partial charge on any atom is -0.348 e. The van der Waals surface area contributed by atoms with Crippen molar-refractivity contribution in [3.8, 4) is 0 Å². The van der Waals surface area contributed by atoms with Gasteiger partial charge in [-0.2, -0.15) is 0 Å². The second kappa shape index (κ2) is 10.1. The van der Waals surface area contributed by atoms with E-state index in [4.69, 9.17) is 0 Å². The number of benzene rings is 1. The molecule has 8 rings (SSSR count). The molecule has 1 aromatic carbocycles. The van der Waals surface area contributed by atoms with Gasteiger partial charge in [-0.1, -0.05) is 50.3 Å². The number of carbonyl (C=O) groups excluding carboxylic acids is 1. The van der Waals surface area contributed by atoms with Gasteiger partial charge in [0.15, 0.2) is 4.34 Å². The maximum Gasteiger partial charge on any atom is 0.251 e. The van der Waals surface area contributed by atoms with Crippen molar-refractivity contribution in [1.82, 2.24) is 15.2 Å². The lowest BCUT2D eigenvalue weighted by atomic mass is 9.71. The number of hydrogen-bond acceptors (Lipinski definition) is 5. The van der Waals surface area contributed by atoms with Crippen molar-refractivity contribution in [2.45, 2.75) is 66.6 Å². The zero-order valence-electron chi connectivity index (χ0n) is 18.2. The van der Waals surface area contributed by atoms with E-state index < -0.39 is 0 Å². The number of carbonyl (C=O) groups is 1. The van der Waals surface area contributed by atoms with E-state index in [2.05, 4.69) is 15.2 Å². The van der Waals surface area contributed by atoms with E-state index in [1.54, 1.807) is 61.6 Å². The number of amides is 1. The van der Waals surface area contributed by atoms with Crippen molar-refractivity contribution in [1.29, 1.82) is 0 Å². The van der Waals surface area contributed by atoms with Crippen LogP contribution in [0.5, 0.6) is 0 Å². The molecule has 31 heavy (non-hydrogen) atoms. The third-order valence-electron chi connectivity index (χ3n) is 7.65. The number of piperidine rings is 3. The van der Waals surface area contributed by atoms with E-state index in [1.165, 1.54) is 25.9 Å². The van der Waals surface area contributed by atoms with Crippen molar-refractivity contribution >= 4 is 29.0 Å². The normalized spacial score (nSPS) is 31.0. The Morgan fingerprint density at radius 1 is 0.968 bits per heavy atom. The summed E-state index contributed by atoms with van der Waals surface area (Å²) in [5, 5.41) is 5.20. The van der Waals surface area contributed by atoms with Crippen LogP contribution in [-0.2, 0) is 0 Å². The third-order valence-corrected chi connectivity index (χ3v) is 9.54. The Balaban J connectivity index is 0.000000212. The van der Waals surface area contributed by atoms with Gasteiger partial charge in [0.1, 0.15) is 0 Å². The van der Waals surface area contributed by atoms with Crippen LogP contribution in [0.4, 0.5) is 0 Å². The maximum atomic E-state index is 12.5. The zero-order chi connectivity index (χ0) is 21.0. The highest BCUT2D eigenvalue weighted by molar-refractivity contribution is 8.01. The fourth-order valence-electron chi connectivity index (χ4n) is 5.70. The molecule has 0 radical (unpaired) electrons. The monoisotopic (exact) mass is 455 g/mol. The molecule has 1 aromatic heterocycles. The first-order valence-corrected chi connectivity index (χ1v) is 13.6. The summed E-state index contributed by atoms with van der Waals surface area (Å²) in [5.74, 6) is 3.01. The van der Waals surface area contributed by atoms with Crippen molar-refractivity contribution in [3.05, 3.63) is 41.4 Å². The lowest BCUT2D eigenvalue weighted by molar-refractivity contribution is 0.0620. The average Bonchev–Trinajstić information content (AvgIpc) is 3.35. The fraction of sp³-hybridized carbons (Fsp3) is 0.600. The van der Waals surface area contributed by atoms with Gasteiger partial charge < -0.3 is 10.2 Å². The second-order valence-electron chi connectivity index (χ2n) is 9.61. The first-order chi connectivity index (χ1) is 15.2. The summed E-state index contributed by atoms with van der Waals surface area (Å²) in [6.45, 7) is 3.40. The van der Waals surface area contributed by atoms with Crippen LogP contribution in [0.1, 0.15) is 61.7 Å². The molecule has 4 nitrogen and oxygen atoms in total. The second-order valence-corrected chi connectivity index (χ2v) is 11.8. The van der Waals surface area contributed by atoms with Gasteiger partial charge in [0, 0.05) is 34.6 Å². The molecule has 0 unspecified atom stereocenters. The van der Waals surface area contributed by atoms with Gasteiger partial charge in [0.05, 0.1) is 0 Å². The van der Waals surface area contributed by atoms with Crippen LogP contribution >= 0.6 is 23.1 Å². The van der Waals surface area contributed by atoms with Gasteiger partial charge >= 0.3 is 0 Å². The molecule has 0 spiro atoms. The number of rotatable bonds is 4. The molecule has 4 heterocycles. The molecule has 6 fully saturated rings. The Kier molecular flexibility index (Phi) is 6.96. The van der Waals surface area contributed by atoms with Crippen LogP contribution < -0.4 is 5.32 Å². The molecule has 166 valence electrons. The highest BCUT2D eigenvalue weighted by atomic mass is 32.2. The molecule has 3 saturated heterocycles. The molecule has 4 bridgehead atoms. The molecule has 1 N–H and O–H groups in total. The number of fused-ring (bicyclic) bond motifs is 6. The number of nitrogens with one attached hydrogen (secondary N) is 1. The van der Waals surface area contributed by atoms with Crippen LogP contribution in [-0.4, -0.2) is 41.5 Å². The molecular weight excluding hydrogens is 422 g/mol. The Hall–Kier alpha value is -1.37. The summed E-state index contributed by atoms with van der Waals surface area (Å²) in [6, 6.07) is 8.13. The average molecular weight is 456 g/mol. The topological polar surface area (TPSA) is 45.2 Å². The molecule has 6 heteroatoms. The van der Waals surface area contributed by atoms with E-state index in [1.807, 2.05) is 35.8 Å². The van der Waals surface area contributed by atoms with Crippen LogP contribution in [0.15, 0.2) is 45.1 Å². The predicted octanol–water partition coefficient (Wildman–Crippen LogP) is 5.70. The van der Waals surface area contributed by atoms with Crippen molar-refractivity contribution < 1.29 is 4.79 Å². The smallest absolute Gasteiger partial charge is 0.251 e. The molecule has 3 saturated carbocycles. The minimum absolute atomic E-state index is 0.0505. The summed E-state index contributed by atoms with van der Waals surface area (Å²) in [4.78, 5) is 20.3. The highest BCUT2D eigenvalue weighted by Crippen LogP contribution is 2.40. The third kappa shape index (κ3) is 5.52. The molecule has 3 aliphatic heterocycles. The number of nitrogens with zero attached hydrogens (tertiary/aromatic N) is 2. The molecule has 1 amide bonds. The lowest BCUT2D eigenvalue weighted by Gasteiger charge is -2.44. The quantitative estimate of drug-likeness (QED) is 0.642. The van der Waals surface area contributed by atoms with Gasteiger partial charge in [0.25, 0.3) is 5.91 Å². The van der Waals surface area contributed by atoms with Crippen molar-refractivity contribution in [3.63, 3.8) is 0 Å². The van der Waals surface area contributed by atoms with Crippen LogP contribution in [0.3, 0.4) is 0 Å². The molecule has 6 aliphatic rings. The highest BCUT2D eigenvalue weighted by Gasteiger charge is 2.34.